The molecular weight excluding hydrogens is 146 g/mol. The van der Waals surface area contributed by atoms with E-state index < -0.39 is 0 Å². The molecule has 12 heavy (non-hydrogen) atoms. The van der Waals surface area contributed by atoms with Gasteiger partial charge in [0.15, 0.2) is 0 Å². The van der Waals surface area contributed by atoms with Crippen LogP contribution in [0.4, 0.5) is 0 Å². The maximum Gasteiger partial charge on any atom is 0.00972 e. The number of nitrogens with two attached hydrogens (primary N) is 1. The van der Waals surface area contributed by atoms with Crippen molar-refractivity contribution < 1.29 is 0 Å². The summed E-state index contributed by atoms with van der Waals surface area (Å²) in [5, 5.41) is 0. The molecular formula is C11H25N. The average Bonchev–Trinajstić information content (AvgIpc) is 1.99. The fraction of sp³-hybridized carbons (Fsp3) is 1.00. The predicted molar refractivity (Wildman–Crippen MR) is 56.2 cm³/mol. The van der Waals surface area contributed by atoms with Crippen LogP contribution in [0, 0.1) is 5.41 Å². The third-order valence-electron chi connectivity index (χ3n) is 3.08. The number of rotatable bonds is 5. The highest BCUT2D eigenvalue weighted by molar-refractivity contribution is 4.78. The Kier molecular flexibility index (Phi) is 4.25. The summed E-state index contributed by atoms with van der Waals surface area (Å²) in [6.45, 7) is 11.1. The lowest BCUT2D eigenvalue weighted by atomic mass is 9.78. The Morgan fingerprint density at radius 2 is 1.33 bits per heavy atom. The van der Waals surface area contributed by atoms with Crippen molar-refractivity contribution in [3.63, 3.8) is 0 Å². The van der Waals surface area contributed by atoms with E-state index in [-0.39, 0.29) is 5.54 Å². The zero-order chi connectivity index (χ0) is 9.83. The first-order chi connectivity index (χ1) is 5.33. The van der Waals surface area contributed by atoms with Gasteiger partial charge in [-0.05, 0) is 32.1 Å². The topological polar surface area (TPSA) is 26.0 Å². The van der Waals surface area contributed by atoms with Crippen LogP contribution in [0.2, 0.25) is 0 Å². The Bertz CT molecular complexity index is 117. The van der Waals surface area contributed by atoms with E-state index in [1.54, 1.807) is 0 Å². The Morgan fingerprint density at radius 3 is 1.58 bits per heavy atom. The van der Waals surface area contributed by atoms with Gasteiger partial charge in [0.2, 0.25) is 0 Å². The van der Waals surface area contributed by atoms with Crippen molar-refractivity contribution in [2.24, 2.45) is 11.1 Å². The molecule has 2 N–H and O–H groups in total. The molecule has 1 heteroatoms. The quantitative estimate of drug-likeness (QED) is 0.674. The molecule has 0 aliphatic rings. The molecule has 0 spiro atoms. The van der Waals surface area contributed by atoms with Gasteiger partial charge in [-0.2, -0.15) is 0 Å². The Morgan fingerprint density at radius 1 is 0.917 bits per heavy atom. The van der Waals surface area contributed by atoms with Crippen LogP contribution >= 0.6 is 0 Å². The predicted octanol–water partition coefficient (Wildman–Crippen LogP) is 3.33. The standard InChI is InChI=1S/C11H25N/c1-6-11(5,7-2)9-8-10(3,4)12/h6-9,12H2,1-5H3. The maximum atomic E-state index is 5.95. The minimum atomic E-state index is 0.00556. The van der Waals surface area contributed by atoms with E-state index in [0.29, 0.717) is 5.41 Å². The van der Waals surface area contributed by atoms with Crippen molar-refractivity contribution in [3.05, 3.63) is 0 Å². The van der Waals surface area contributed by atoms with Crippen LogP contribution < -0.4 is 5.73 Å². The zero-order valence-corrected chi connectivity index (χ0v) is 9.41. The largest absolute Gasteiger partial charge is 0.326 e. The second-order valence-corrected chi connectivity index (χ2v) is 5.01. The molecule has 0 aliphatic carbocycles. The minimum absolute atomic E-state index is 0.00556. The molecule has 0 aromatic rings. The van der Waals surface area contributed by atoms with Gasteiger partial charge in [-0.1, -0.05) is 33.6 Å². The SMILES string of the molecule is CCC(C)(CC)CCC(C)(C)N. The van der Waals surface area contributed by atoms with E-state index in [9.17, 15) is 0 Å². The minimum Gasteiger partial charge on any atom is -0.326 e. The maximum absolute atomic E-state index is 5.95. The third kappa shape index (κ3) is 4.76. The molecule has 0 atom stereocenters. The van der Waals surface area contributed by atoms with Crippen molar-refractivity contribution in [1.82, 2.24) is 0 Å². The van der Waals surface area contributed by atoms with Gasteiger partial charge in [0, 0.05) is 5.54 Å². The van der Waals surface area contributed by atoms with Gasteiger partial charge in [0.1, 0.15) is 0 Å². The Balaban J connectivity index is 3.89. The summed E-state index contributed by atoms with van der Waals surface area (Å²) in [5.41, 5.74) is 6.47. The first-order valence-electron chi connectivity index (χ1n) is 5.12. The zero-order valence-electron chi connectivity index (χ0n) is 9.41. The molecule has 0 saturated heterocycles. The fourth-order valence-corrected chi connectivity index (χ4v) is 1.23. The van der Waals surface area contributed by atoms with E-state index in [4.69, 9.17) is 5.73 Å². The van der Waals surface area contributed by atoms with Crippen molar-refractivity contribution >= 4 is 0 Å². The summed E-state index contributed by atoms with van der Waals surface area (Å²) >= 11 is 0. The number of hydrogen-bond donors (Lipinski definition) is 1. The second kappa shape index (κ2) is 4.27. The molecule has 0 fully saturated rings. The van der Waals surface area contributed by atoms with E-state index in [2.05, 4.69) is 34.6 Å². The van der Waals surface area contributed by atoms with Crippen molar-refractivity contribution in [3.8, 4) is 0 Å². The summed E-state index contributed by atoms with van der Waals surface area (Å²) in [6.07, 6.45) is 4.91. The van der Waals surface area contributed by atoms with Crippen LogP contribution in [-0.4, -0.2) is 5.54 Å². The van der Waals surface area contributed by atoms with E-state index in [1.165, 1.54) is 19.3 Å². The molecule has 1 nitrogen and oxygen atoms in total. The van der Waals surface area contributed by atoms with Gasteiger partial charge in [-0.15, -0.1) is 0 Å². The first-order valence-corrected chi connectivity index (χ1v) is 5.12. The van der Waals surface area contributed by atoms with E-state index in [1.807, 2.05) is 0 Å². The highest BCUT2D eigenvalue weighted by Crippen LogP contribution is 2.32. The molecule has 0 radical (unpaired) electrons. The summed E-state index contributed by atoms with van der Waals surface area (Å²) in [5.74, 6) is 0. The summed E-state index contributed by atoms with van der Waals surface area (Å²) in [6, 6.07) is 0. The van der Waals surface area contributed by atoms with Crippen LogP contribution in [-0.2, 0) is 0 Å². The van der Waals surface area contributed by atoms with Crippen molar-refractivity contribution in [2.45, 2.75) is 65.8 Å². The highest BCUT2D eigenvalue weighted by Gasteiger charge is 2.22. The van der Waals surface area contributed by atoms with Gasteiger partial charge in [0.25, 0.3) is 0 Å². The first kappa shape index (κ1) is 12.0. The third-order valence-corrected chi connectivity index (χ3v) is 3.08. The van der Waals surface area contributed by atoms with E-state index in [0.717, 1.165) is 6.42 Å². The molecule has 0 aromatic carbocycles. The van der Waals surface area contributed by atoms with Gasteiger partial charge in [0.05, 0.1) is 0 Å². The van der Waals surface area contributed by atoms with Gasteiger partial charge in [-0.3, -0.25) is 0 Å². The molecule has 0 saturated carbocycles. The molecule has 0 rings (SSSR count). The molecule has 74 valence electrons. The monoisotopic (exact) mass is 171 g/mol. The lowest BCUT2D eigenvalue weighted by molar-refractivity contribution is 0.241. The molecule has 0 aromatic heterocycles. The van der Waals surface area contributed by atoms with Crippen LogP contribution in [0.5, 0.6) is 0 Å². The lowest BCUT2D eigenvalue weighted by Gasteiger charge is -2.30. The smallest absolute Gasteiger partial charge is 0.00972 e. The van der Waals surface area contributed by atoms with Crippen molar-refractivity contribution in [2.75, 3.05) is 0 Å². The van der Waals surface area contributed by atoms with Gasteiger partial charge >= 0.3 is 0 Å². The average molecular weight is 171 g/mol. The molecule has 0 bridgehead atoms. The highest BCUT2D eigenvalue weighted by atomic mass is 14.7. The summed E-state index contributed by atoms with van der Waals surface area (Å²) < 4.78 is 0. The van der Waals surface area contributed by atoms with Gasteiger partial charge < -0.3 is 5.73 Å². The summed E-state index contributed by atoms with van der Waals surface area (Å²) in [4.78, 5) is 0. The van der Waals surface area contributed by atoms with Crippen molar-refractivity contribution in [1.29, 1.82) is 0 Å². The summed E-state index contributed by atoms with van der Waals surface area (Å²) in [7, 11) is 0. The molecule has 0 heterocycles. The Labute approximate surface area is 77.7 Å². The number of hydrogen-bond acceptors (Lipinski definition) is 1. The van der Waals surface area contributed by atoms with Crippen LogP contribution in [0.1, 0.15) is 60.3 Å². The normalized spacial score (nSPS) is 13.5. The van der Waals surface area contributed by atoms with Crippen LogP contribution in [0.25, 0.3) is 0 Å². The van der Waals surface area contributed by atoms with E-state index >= 15 is 0 Å². The lowest BCUT2D eigenvalue weighted by Crippen LogP contribution is -2.33. The van der Waals surface area contributed by atoms with Gasteiger partial charge in [-0.25, -0.2) is 0 Å². The molecule has 0 unspecified atom stereocenters. The van der Waals surface area contributed by atoms with Crippen LogP contribution in [0.15, 0.2) is 0 Å². The molecule has 0 amide bonds. The molecule has 0 aliphatic heterocycles. The fourth-order valence-electron chi connectivity index (χ4n) is 1.23. The van der Waals surface area contributed by atoms with Crippen LogP contribution in [0.3, 0.4) is 0 Å². The second-order valence-electron chi connectivity index (χ2n) is 5.01. The Hall–Kier alpha value is -0.0400.